The second-order valence-electron chi connectivity index (χ2n) is 9.69. The Labute approximate surface area is 210 Å². The van der Waals surface area contributed by atoms with Crippen LogP contribution >= 0.6 is 0 Å². The van der Waals surface area contributed by atoms with E-state index in [0.717, 1.165) is 41.6 Å². The molecular weight excluding hydrogens is 450 g/mol. The van der Waals surface area contributed by atoms with E-state index < -0.39 is 0 Å². The summed E-state index contributed by atoms with van der Waals surface area (Å²) in [6.07, 6.45) is 5.49. The van der Waals surface area contributed by atoms with E-state index in [9.17, 15) is 15.2 Å². The summed E-state index contributed by atoms with van der Waals surface area (Å²) in [5.41, 5.74) is 4.71. The lowest BCUT2D eigenvalue weighted by Crippen LogP contribution is -2.35. The van der Waals surface area contributed by atoms with Gasteiger partial charge in [-0.25, -0.2) is 4.52 Å². The first kappa shape index (κ1) is 24.0. The van der Waals surface area contributed by atoms with Crippen LogP contribution in [-0.4, -0.2) is 30.4 Å². The number of hydrogen-bond acceptors (Lipinski definition) is 5. The number of nitriles is 1. The van der Waals surface area contributed by atoms with Gasteiger partial charge in [-0.2, -0.15) is 15.3 Å². The van der Waals surface area contributed by atoms with Gasteiger partial charge in [0.1, 0.15) is 12.4 Å². The van der Waals surface area contributed by atoms with Crippen LogP contribution in [-0.2, 0) is 6.42 Å². The van der Waals surface area contributed by atoms with Gasteiger partial charge < -0.3 is 5.11 Å². The molecule has 7 heteroatoms. The van der Waals surface area contributed by atoms with Gasteiger partial charge in [0.15, 0.2) is 0 Å². The highest BCUT2D eigenvalue weighted by Gasteiger charge is 2.30. The summed E-state index contributed by atoms with van der Waals surface area (Å²) >= 11 is 0. The van der Waals surface area contributed by atoms with Crippen LogP contribution in [0.1, 0.15) is 80.3 Å². The van der Waals surface area contributed by atoms with Crippen LogP contribution < -0.4 is 5.56 Å². The lowest BCUT2D eigenvalue weighted by molar-refractivity contribution is 0.110. The molecule has 1 N–H and O–H groups in total. The Morgan fingerprint density at radius 3 is 2.56 bits per heavy atom. The zero-order valence-electron chi connectivity index (χ0n) is 20.8. The summed E-state index contributed by atoms with van der Waals surface area (Å²) in [6, 6.07) is 18.1. The summed E-state index contributed by atoms with van der Waals surface area (Å²) < 4.78 is 3.60. The van der Waals surface area contributed by atoms with E-state index in [1.54, 1.807) is 4.57 Å². The molecule has 2 heterocycles. The molecule has 184 valence electrons. The van der Waals surface area contributed by atoms with E-state index in [4.69, 9.17) is 0 Å². The van der Waals surface area contributed by atoms with Crippen molar-refractivity contribution in [2.75, 3.05) is 0 Å². The number of hydrogen-bond donors (Lipinski definition) is 1. The van der Waals surface area contributed by atoms with Crippen molar-refractivity contribution < 1.29 is 5.11 Å². The van der Waals surface area contributed by atoms with Crippen molar-refractivity contribution in [3.63, 3.8) is 0 Å². The van der Waals surface area contributed by atoms with Gasteiger partial charge in [0.25, 0.3) is 5.56 Å². The fourth-order valence-corrected chi connectivity index (χ4v) is 5.68. The molecule has 0 aliphatic heterocycles. The van der Waals surface area contributed by atoms with Gasteiger partial charge in [0.05, 0.1) is 17.4 Å². The molecule has 7 nitrogen and oxygen atoms in total. The van der Waals surface area contributed by atoms with Crippen molar-refractivity contribution >= 4 is 5.78 Å². The predicted octanol–water partition coefficient (Wildman–Crippen LogP) is 5.01. The Kier molecular flexibility index (Phi) is 6.71. The average molecular weight is 482 g/mol. The van der Waals surface area contributed by atoms with E-state index in [-0.39, 0.29) is 23.6 Å². The van der Waals surface area contributed by atoms with E-state index in [1.807, 2.05) is 60.0 Å². The fourth-order valence-electron chi connectivity index (χ4n) is 5.68. The van der Waals surface area contributed by atoms with Gasteiger partial charge in [-0.3, -0.25) is 9.36 Å². The molecule has 1 atom stereocenters. The number of aromatic nitrogens is 4. The third-order valence-electron chi connectivity index (χ3n) is 7.47. The lowest BCUT2D eigenvalue weighted by atomic mass is 9.85. The molecule has 1 aliphatic carbocycles. The Morgan fingerprint density at radius 1 is 1.11 bits per heavy atom. The SMILES string of the molecule is CCCc1c(C(C)c2cccc(-c3ccccc3)c2C#N)c(=O)n(C2CCC(O)CC2)c2ncnn12. The van der Waals surface area contributed by atoms with Gasteiger partial charge in [0, 0.05) is 17.5 Å². The molecule has 0 bridgehead atoms. The number of aliphatic hydroxyl groups is 1. The van der Waals surface area contributed by atoms with Crippen LogP contribution in [0.2, 0.25) is 0 Å². The highest BCUT2D eigenvalue weighted by Crippen LogP contribution is 2.35. The fraction of sp³-hybridized carbons (Fsp3) is 0.379. The number of fused-ring (bicyclic) bond motifs is 1. The summed E-state index contributed by atoms with van der Waals surface area (Å²) in [7, 11) is 0. The first-order valence-electron chi connectivity index (χ1n) is 12.8. The van der Waals surface area contributed by atoms with Crippen LogP contribution in [0.5, 0.6) is 0 Å². The summed E-state index contributed by atoms with van der Waals surface area (Å²) in [6.45, 7) is 4.10. The van der Waals surface area contributed by atoms with Gasteiger partial charge in [0.2, 0.25) is 5.78 Å². The molecule has 36 heavy (non-hydrogen) atoms. The minimum Gasteiger partial charge on any atom is -0.393 e. The smallest absolute Gasteiger partial charge is 0.259 e. The van der Waals surface area contributed by atoms with Crippen molar-refractivity contribution in [3.8, 4) is 17.2 Å². The minimum absolute atomic E-state index is 0.0414. The van der Waals surface area contributed by atoms with Gasteiger partial charge >= 0.3 is 0 Å². The first-order valence-corrected chi connectivity index (χ1v) is 12.8. The highest BCUT2D eigenvalue weighted by atomic mass is 16.3. The molecule has 0 amide bonds. The van der Waals surface area contributed by atoms with Crippen LogP contribution in [0.15, 0.2) is 59.7 Å². The molecule has 0 radical (unpaired) electrons. The summed E-state index contributed by atoms with van der Waals surface area (Å²) in [4.78, 5) is 18.7. The standard InChI is InChI=1S/C29H31N5O2/c1-3-8-26-27(19(2)23-11-7-12-24(25(23)17-30)20-9-5-4-6-10-20)28(36)33(29-31-18-32-34(26)29)21-13-15-22(35)16-14-21/h4-7,9-12,18-19,21-22,35H,3,8,13-16H2,1-2H3. The van der Waals surface area contributed by atoms with Crippen molar-refractivity contribution in [1.82, 2.24) is 19.2 Å². The molecule has 0 saturated heterocycles. The van der Waals surface area contributed by atoms with Crippen molar-refractivity contribution in [1.29, 1.82) is 5.26 Å². The Balaban J connectivity index is 1.73. The third kappa shape index (κ3) is 4.12. The Morgan fingerprint density at radius 2 is 1.86 bits per heavy atom. The van der Waals surface area contributed by atoms with Crippen molar-refractivity contribution in [2.45, 2.75) is 70.4 Å². The number of benzene rings is 2. The lowest BCUT2D eigenvalue weighted by Gasteiger charge is -2.29. The predicted molar refractivity (Wildman–Crippen MR) is 139 cm³/mol. The number of nitrogens with zero attached hydrogens (tertiary/aromatic N) is 5. The molecule has 4 aromatic rings. The number of aryl methyl sites for hydroxylation is 1. The third-order valence-corrected chi connectivity index (χ3v) is 7.47. The van der Waals surface area contributed by atoms with Crippen molar-refractivity contribution in [3.05, 3.63) is 87.6 Å². The molecule has 5 rings (SSSR count). The van der Waals surface area contributed by atoms with E-state index in [1.165, 1.54) is 6.33 Å². The average Bonchev–Trinajstić information content (AvgIpc) is 3.39. The molecule has 0 spiro atoms. The second kappa shape index (κ2) is 10.1. The summed E-state index contributed by atoms with van der Waals surface area (Å²) in [5, 5.41) is 24.8. The zero-order valence-corrected chi connectivity index (χ0v) is 20.8. The van der Waals surface area contributed by atoms with E-state index in [2.05, 4.69) is 23.1 Å². The summed E-state index contributed by atoms with van der Waals surface area (Å²) in [5.74, 6) is 0.241. The molecule has 2 aromatic carbocycles. The van der Waals surface area contributed by atoms with Crippen LogP contribution in [0.25, 0.3) is 16.9 Å². The highest BCUT2D eigenvalue weighted by molar-refractivity contribution is 5.72. The molecule has 1 unspecified atom stereocenters. The molecular formula is C29H31N5O2. The van der Waals surface area contributed by atoms with E-state index in [0.29, 0.717) is 36.2 Å². The van der Waals surface area contributed by atoms with E-state index >= 15 is 0 Å². The van der Waals surface area contributed by atoms with Crippen molar-refractivity contribution in [2.24, 2.45) is 0 Å². The normalized spacial score (nSPS) is 18.7. The van der Waals surface area contributed by atoms with Crippen LogP contribution in [0, 0.1) is 11.3 Å². The molecule has 1 saturated carbocycles. The number of aliphatic hydroxyl groups excluding tert-OH is 1. The molecule has 1 aliphatic rings. The largest absolute Gasteiger partial charge is 0.393 e. The molecule has 1 fully saturated rings. The monoisotopic (exact) mass is 481 g/mol. The minimum atomic E-state index is -0.317. The van der Waals surface area contributed by atoms with Gasteiger partial charge in [-0.15, -0.1) is 0 Å². The van der Waals surface area contributed by atoms with Gasteiger partial charge in [-0.05, 0) is 48.8 Å². The van der Waals surface area contributed by atoms with Crippen LogP contribution in [0.4, 0.5) is 0 Å². The maximum atomic E-state index is 14.3. The molecule has 2 aromatic heterocycles. The maximum absolute atomic E-state index is 14.3. The quantitative estimate of drug-likeness (QED) is 0.418. The Bertz CT molecular complexity index is 1470. The first-order chi connectivity index (χ1) is 17.5. The zero-order chi connectivity index (χ0) is 25.2. The topological polar surface area (TPSA) is 96.2 Å². The number of rotatable bonds is 6. The maximum Gasteiger partial charge on any atom is 0.259 e. The second-order valence-corrected chi connectivity index (χ2v) is 9.69. The van der Waals surface area contributed by atoms with Crippen LogP contribution in [0.3, 0.4) is 0 Å². The Hall–Kier alpha value is -3.76. The van der Waals surface area contributed by atoms with Gasteiger partial charge in [-0.1, -0.05) is 68.8 Å².